The number of hydrogen-bond donors (Lipinski definition) is 1. The van der Waals surface area contributed by atoms with Crippen LogP contribution in [0.5, 0.6) is 11.5 Å². The van der Waals surface area contributed by atoms with Crippen LogP contribution in [0.15, 0.2) is 30.7 Å². The number of methoxy groups -OCH3 is 2. The minimum atomic E-state index is -3.79. The fourth-order valence-electron chi connectivity index (χ4n) is 1.58. The van der Waals surface area contributed by atoms with E-state index in [1.165, 1.54) is 26.4 Å². The van der Waals surface area contributed by atoms with Crippen LogP contribution in [0.25, 0.3) is 0 Å². The second kappa shape index (κ2) is 6.96. The highest BCUT2D eigenvalue weighted by atomic mass is 79.9. The molecule has 0 radical (unpaired) electrons. The van der Waals surface area contributed by atoms with E-state index in [2.05, 4.69) is 36.6 Å². The van der Waals surface area contributed by atoms with Crippen LogP contribution in [0.3, 0.4) is 0 Å². The second-order valence-corrected chi connectivity index (χ2v) is 9.52. The number of halogens is 3. The van der Waals surface area contributed by atoms with E-state index in [0.717, 1.165) is 11.3 Å². The topological polar surface area (TPSA) is 64.6 Å². The van der Waals surface area contributed by atoms with E-state index in [9.17, 15) is 8.42 Å². The van der Waals surface area contributed by atoms with E-state index in [-0.39, 0.29) is 20.7 Å². The molecule has 2 aromatic rings. The van der Waals surface area contributed by atoms with Gasteiger partial charge in [0.1, 0.15) is 21.4 Å². The largest absolute Gasteiger partial charge is 0.497 e. The van der Waals surface area contributed by atoms with Gasteiger partial charge in [0.2, 0.25) is 0 Å². The van der Waals surface area contributed by atoms with Gasteiger partial charge in [-0.2, -0.15) is 0 Å². The molecule has 2 rings (SSSR count). The summed E-state index contributed by atoms with van der Waals surface area (Å²) in [6.07, 6.45) is 0. The lowest BCUT2D eigenvalue weighted by atomic mass is 10.3. The number of thiophene rings is 1. The molecule has 1 N–H and O–H groups in total. The number of nitrogens with one attached hydrogen (secondary N) is 1. The Hall–Kier alpha value is -0.480. The summed E-state index contributed by atoms with van der Waals surface area (Å²) in [4.78, 5) is 0. The molecule has 0 fully saturated rings. The molecular weight excluding hydrogens is 482 g/mol. The molecular formula is C12H10Br2ClNO4S2. The van der Waals surface area contributed by atoms with Crippen molar-refractivity contribution < 1.29 is 17.9 Å². The van der Waals surface area contributed by atoms with Crippen molar-refractivity contribution in [2.24, 2.45) is 0 Å². The van der Waals surface area contributed by atoms with Crippen LogP contribution >= 0.6 is 54.8 Å². The summed E-state index contributed by atoms with van der Waals surface area (Å²) in [7, 11) is -0.887. The molecule has 0 spiro atoms. The van der Waals surface area contributed by atoms with Crippen LogP contribution in [-0.2, 0) is 10.0 Å². The highest BCUT2D eigenvalue weighted by Crippen LogP contribution is 2.40. The van der Waals surface area contributed by atoms with Crippen LogP contribution in [-0.4, -0.2) is 22.6 Å². The Morgan fingerprint density at radius 3 is 2.36 bits per heavy atom. The zero-order valence-electron chi connectivity index (χ0n) is 11.3. The Kier molecular flexibility index (Phi) is 5.65. The smallest absolute Gasteiger partial charge is 0.271 e. The summed E-state index contributed by atoms with van der Waals surface area (Å²) in [5.74, 6) is 0.731. The summed E-state index contributed by atoms with van der Waals surface area (Å²) >= 11 is 13.7. The average molecular weight is 492 g/mol. The molecule has 0 amide bonds. The van der Waals surface area contributed by atoms with Crippen LogP contribution in [0.1, 0.15) is 0 Å². The van der Waals surface area contributed by atoms with Gasteiger partial charge in [0.05, 0.1) is 23.0 Å². The number of hydrogen-bond acceptors (Lipinski definition) is 5. The van der Waals surface area contributed by atoms with Crippen LogP contribution in [0.2, 0.25) is 5.02 Å². The molecule has 0 saturated carbocycles. The molecule has 0 aliphatic rings. The Balaban J connectivity index is 2.45. The molecule has 0 saturated heterocycles. The van der Waals surface area contributed by atoms with Gasteiger partial charge in [-0.25, -0.2) is 8.42 Å². The normalized spacial score (nSPS) is 11.3. The Labute approximate surface area is 153 Å². The summed E-state index contributed by atoms with van der Waals surface area (Å²) in [6, 6.07) is 4.55. The van der Waals surface area contributed by atoms with E-state index < -0.39 is 10.0 Å². The van der Waals surface area contributed by atoms with Gasteiger partial charge in [0.15, 0.2) is 0 Å². The summed E-state index contributed by atoms with van der Waals surface area (Å²) in [5.41, 5.74) is 0.158. The molecule has 1 aromatic carbocycles. The third kappa shape index (κ3) is 3.70. The Morgan fingerprint density at radius 1 is 1.18 bits per heavy atom. The third-order valence-electron chi connectivity index (χ3n) is 2.61. The van der Waals surface area contributed by atoms with Crippen LogP contribution in [0, 0.1) is 0 Å². The van der Waals surface area contributed by atoms with Gasteiger partial charge in [-0.15, -0.1) is 11.3 Å². The maximum atomic E-state index is 12.5. The molecule has 0 unspecified atom stereocenters. The first-order valence-corrected chi connectivity index (χ1v) is 9.94. The minimum absolute atomic E-state index is 0.139. The van der Waals surface area contributed by atoms with Gasteiger partial charge in [-0.05, 0) is 37.9 Å². The zero-order valence-corrected chi connectivity index (χ0v) is 16.9. The van der Waals surface area contributed by atoms with Crippen LogP contribution < -0.4 is 14.2 Å². The fraction of sp³-hybridized carbons (Fsp3) is 0.167. The van der Waals surface area contributed by atoms with Gasteiger partial charge in [0, 0.05) is 16.6 Å². The maximum absolute atomic E-state index is 12.5. The molecule has 1 aromatic heterocycles. The Morgan fingerprint density at radius 2 is 1.86 bits per heavy atom. The lowest BCUT2D eigenvalue weighted by Gasteiger charge is -2.14. The second-order valence-electron chi connectivity index (χ2n) is 3.98. The first-order chi connectivity index (χ1) is 10.3. The summed E-state index contributed by atoms with van der Waals surface area (Å²) in [5, 5.41) is 0.175. The maximum Gasteiger partial charge on any atom is 0.271 e. The van der Waals surface area contributed by atoms with E-state index in [1.807, 2.05) is 0 Å². The molecule has 0 bridgehead atoms. The number of sulfonamides is 1. The monoisotopic (exact) mass is 489 g/mol. The first kappa shape index (κ1) is 17.9. The molecule has 10 heteroatoms. The number of benzene rings is 1. The van der Waals surface area contributed by atoms with Crippen molar-refractivity contribution in [3.8, 4) is 11.5 Å². The molecule has 1 heterocycles. The van der Waals surface area contributed by atoms with Crippen molar-refractivity contribution in [2.75, 3.05) is 18.9 Å². The summed E-state index contributed by atoms with van der Waals surface area (Å²) < 4.78 is 39.1. The van der Waals surface area contributed by atoms with Gasteiger partial charge < -0.3 is 9.47 Å². The van der Waals surface area contributed by atoms with Gasteiger partial charge in [-0.3, -0.25) is 4.72 Å². The highest BCUT2D eigenvalue weighted by molar-refractivity contribution is 9.13. The van der Waals surface area contributed by atoms with Crippen molar-refractivity contribution in [3.05, 3.63) is 31.5 Å². The van der Waals surface area contributed by atoms with Crippen molar-refractivity contribution in [3.63, 3.8) is 0 Å². The van der Waals surface area contributed by atoms with Crippen molar-refractivity contribution in [1.82, 2.24) is 0 Å². The summed E-state index contributed by atoms with van der Waals surface area (Å²) in [6.45, 7) is 0. The van der Waals surface area contributed by atoms with Gasteiger partial charge in [0.25, 0.3) is 10.0 Å². The molecule has 0 aliphatic heterocycles. The van der Waals surface area contributed by atoms with Crippen molar-refractivity contribution in [2.45, 2.75) is 4.21 Å². The highest BCUT2D eigenvalue weighted by Gasteiger charge is 2.22. The Bertz CT molecular complexity index is 788. The standard InChI is InChI=1S/C12H10Br2ClNO4S2/c1-19-6-3-8(15)11(9(4-6)20-2)16-22(17,18)10-5-7(13)12(14)21-10/h3-5,16H,1-2H3. The number of anilines is 1. The fourth-order valence-corrected chi connectivity index (χ4v) is 5.79. The van der Waals surface area contributed by atoms with E-state index in [1.54, 1.807) is 6.07 Å². The van der Waals surface area contributed by atoms with E-state index in [0.29, 0.717) is 14.0 Å². The molecule has 0 aliphatic carbocycles. The predicted molar refractivity (Wildman–Crippen MR) is 95.1 cm³/mol. The molecule has 0 atom stereocenters. The van der Waals surface area contributed by atoms with Crippen LogP contribution in [0.4, 0.5) is 5.69 Å². The first-order valence-electron chi connectivity index (χ1n) is 5.67. The molecule has 5 nitrogen and oxygen atoms in total. The molecule has 120 valence electrons. The van der Waals surface area contributed by atoms with Crippen molar-refractivity contribution in [1.29, 1.82) is 0 Å². The zero-order chi connectivity index (χ0) is 16.5. The predicted octanol–water partition coefficient (Wildman–Crippen LogP) is 4.74. The lowest BCUT2D eigenvalue weighted by Crippen LogP contribution is -2.12. The number of ether oxygens (including phenoxy) is 2. The minimum Gasteiger partial charge on any atom is -0.497 e. The molecule has 22 heavy (non-hydrogen) atoms. The quantitative estimate of drug-likeness (QED) is 0.656. The SMILES string of the molecule is COc1cc(Cl)c(NS(=O)(=O)c2cc(Br)c(Br)s2)c(OC)c1. The van der Waals surface area contributed by atoms with Gasteiger partial charge >= 0.3 is 0 Å². The van der Waals surface area contributed by atoms with Crippen molar-refractivity contribution >= 4 is 70.5 Å². The van der Waals surface area contributed by atoms with E-state index in [4.69, 9.17) is 21.1 Å². The van der Waals surface area contributed by atoms with Gasteiger partial charge in [-0.1, -0.05) is 11.6 Å². The lowest BCUT2D eigenvalue weighted by molar-refractivity contribution is 0.395. The van der Waals surface area contributed by atoms with E-state index >= 15 is 0 Å². The average Bonchev–Trinajstić information content (AvgIpc) is 2.81. The third-order valence-corrected chi connectivity index (χ3v) is 7.98. The number of rotatable bonds is 5.